The summed E-state index contributed by atoms with van der Waals surface area (Å²) in [7, 11) is 2.83. The van der Waals surface area contributed by atoms with E-state index in [1.807, 2.05) is 0 Å². The zero-order valence-corrected chi connectivity index (χ0v) is 14.7. The molecule has 6 heteroatoms. The molecule has 2 rings (SSSR count). The average Bonchev–Trinajstić information content (AvgIpc) is 2.61. The van der Waals surface area contributed by atoms with E-state index in [-0.39, 0.29) is 12.2 Å². The second-order valence-corrected chi connectivity index (χ2v) is 5.92. The van der Waals surface area contributed by atoms with Crippen LogP contribution in [0.5, 0.6) is 5.75 Å². The third kappa shape index (κ3) is 4.28. The number of rotatable bonds is 6. The van der Waals surface area contributed by atoms with Gasteiger partial charge in [0.2, 0.25) is 0 Å². The molecule has 0 saturated heterocycles. The molecular formula is C18H16Cl2O4. The third-order valence-corrected chi connectivity index (χ3v) is 4.37. The van der Waals surface area contributed by atoms with Gasteiger partial charge in [0.15, 0.2) is 5.78 Å². The Bertz CT molecular complexity index is 741. The highest BCUT2D eigenvalue weighted by molar-refractivity contribution is 6.42. The van der Waals surface area contributed by atoms with Crippen LogP contribution in [0.2, 0.25) is 10.0 Å². The SMILES string of the molecule is COC(=O)C(CC(=O)c1ccc(OC)cc1)c1ccc(Cl)c(Cl)c1. The standard InChI is InChI=1S/C18H16Cl2O4/c1-23-13-6-3-11(4-7-13)17(21)10-14(18(22)24-2)12-5-8-15(19)16(20)9-12/h3-9,14H,10H2,1-2H3. The normalized spacial score (nSPS) is 11.7. The summed E-state index contributed by atoms with van der Waals surface area (Å²) in [6.45, 7) is 0. The van der Waals surface area contributed by atoms with E-state index < -0.39 is 11.9 Å². The first-order valence-corrected chi connectivity index (χ1v) is 7.92. The lowest BCUT2D eigenvalue weighted by molar-refractivity contribution is -0.142. The summed E-state index contributed by atoms with van der Waals surface area (Å²) < 4.78 is 9.89. The molecule has 4 nitrogen and oxygen atoms in total. The van der Waals surface area contributed by atoms with Gasteiger partial charge >= 0.3 is 5.97 Å². The van der Waals surface area contributed by atoms with E-state index in [0.29, 0.717) is 26.9 Å². The van der Waals surface area contributed by atoms with Crippen LogP contribution in [-0.4, -0.2) is 26.0 Å². The highest BCUT2D eigenvalue weighted by Gasteiger charge is 2.26. The van der Waals surface area contributed by atoms with Gasteiger partial charge in [-0.2, -0.15) is 0 Å². The Morgan fingerprint density at radius 2 is 1.67 bits per heavy atom. The fourth-order valence-electron chi connectivity index (χ4n) is 2.29. The number of halogens is 2. The molecule has 0 aromatic heterocycles. The van der Waals surface area contributed by atoms with E-state index in [9.17, 15) is 9.59 Å². The summed E-state index contributed by atoms with van der Waals surface area (Å²) in [4.78, 5) is 24.6. The fourth-order valence-corrected chi connectivity index (χ4v) is 2.60. The van der Waals surface area contributed by atoms with Crippen LogP contribution in [0, 0.1) is 0 Å². The first-order valence-electron chi connectivity index (χ1n) is 7.16. The lowest BCUT2D eigenvalue weighted by Crippen LogP contribution is -2.18. The van der Waals surface area contributed by atoms with Gasteiger partial charge < -0.3 is 9.47 Å². The molecule has 0 aliphatic heterocycles. The molecule has 0 saturated carbocycles. The molecule has 126 valence electrons. The quantitative estimate of drug-likeness (QED) is 0.556. The van der Waals surface area contributed by atoms with Crippen molar-refractivity contribution in [2.45, 2.75) is 12.3 Å². The van der Waals surface area contributed by atoms with Gasteiger partial charge in [-0.1, -0.05) is 29.3 Å². The van der Waals surface area contributed by atoms with E-state index in [1.54, 1.807) is 49.6 Å². The maximum Gasteiger partial charge on any atom is 0.313 e. The highest BCUT2D eigenvalue weighted by atomic mass is 35.5. The van der Waals surface area contributed by atoms with E-state index in [2.05, 4.69) is 0 Å². The van der Waals surface area contributed by atoms with Crippen molar-refractivity contribution in [3.8, 4) is 5.75 Å². The molecule has 0 N–H and O–H groups in total. The molecule has 0 heterocycles. The second kappa shape index (κ2) is 8.18. The predicted molar refractivity (Wildman–Crippen MR) is 93.2 cm³/mol. The Morgan fingerprint density at radius 1 is 1.00 bits per heavy atom. The number of benzene rings is 2. The van der Waals surface area contributed by atoms with Gasteiger partial charge in [-0.3, -0.25) is 9.59 Å². The van der Waals surface area contributed by atoms with Gasteiger partial charge in [0.05, 0.1) is 30.2 Å². The van der Waals surface area contributed by atoms with Gasteiger partial charge in [-0.25, -0.2) is 0 Å². The van der Waals surface area contributed by atoms with Gasteiger partial charge in [-0.05, 0) is 42.0 Å². The Hall–Kier alpha value is -2.04. The van der Waals surface area contributed by atoms with E-state index >= 15 is 0 Å². The molecule has 0 bridgehead atoms. The van der Waals surface area contributed by atoms with Crippen LogP contribution in [0.15, 0.2) is 42.5 Å². The monoisotopic (exact) mass is 366 g/mol. The molecule has 1 unspecified atom stereocenters. The topological polar surface area (TPSA) is 52.6 Å². The Labute approximate surface area is 150 Å². The molecule has 0 radical (unpaired) electrons. The summed E-state index contributed by atoms with van der Waals surface area (Å²) in [5.41, 5.74) is 1.07. The van der Waals surface area contributed by atoms with Crippen LogP contribution in [0.1, 0.15) is 28.3 Å². The summed E-state index contributed by atoms with van der Waals surface area (Å²) in [6, 6.07) is 11.5. The average molecular weight is 367 g/mol. The molecule has 2 aromatic rings. The van der Waals surface area contributed by atoms with E-state index in [4.69, 9.17) is 32.7 Å². The van der Waals surface area contributed by atoms with Crippen molar-refractivity contribution in [1.82, 2.24) is 0 Å². The van der Waals surface area contributed by atoms with Crippen LogP contribution in [0.3, 0.4) is 0 Å². The summed E-state index contributed by atoms with van der Waals surface area (Å²) in [5.74, 6) is -0.783. The van der Waals surface area contributed by atoms with E-state index in [1.165, 1.54) is 7.11 Å². The smallest absolute Gasteiger partial charge is 0.313 e. The number of carbonyl (C=O) groups excluding carboxylic acids is 2. The molecular weight excluding hydrogens is 351 g/mol. The first-order chi connectivity index (χ1) is 11.5. The summed E-state index contributed by atoms with van der Waals surface area (Å²) in [6.07, 6.45) is -0.0308. The molecule has 0 aliphatic carbocycles. The lowest BCUT2D eigenvalue weighted by atomic mass is 9.91. The zero-order valence-electron chi connectivity index (χ0n) is 13.2. The number of carbonyl (C=O) groups is 2. The maximum atomic E-state index is 12.5. The maximum absolute atomic E-state index is 12.5. The largest absolute Gasteiger partial charge is 0.497 e. The molecule has 0 aliphatic rings. The summed E-state index contributed by atoms with van der Waals surface area (Å²) in [5, 5.41) is 0.700. The number of hydrogen-bond acceptors (Lipinski definition) is 4. The van der Waals surface area contributed by atoms with Gasteiger partial charge in [-0.15, -0.1) is 0 Å². The van der Waals surface area contributed by atoms with Crippen LogP contribution < -0.4 is 4.74 Å². The van der Waals surface area contributed by atoms with E-state index in [0.717, 1.165) is 0 Å². The lowest BCUT2D eigenvalue weighted by Gasteiger charge is -2.15. The van der Waals surface area contributed by atoms with Crippen molar-refractivity contribution >= 4 is 35.0 Å². The molecule has 1 atom stereocenters. The third-order valence-electron chi connectivity index (χ3n) is 3.63. The van der Waals surface area contributed by atoms with Crippen LogP contribution in [0.4, 0.5) is 0 Å². The Balaban J connectivity index is 2.26. The highest BCUT2D eigenvalue weighted by Crippen LogP contribution is 2.30. The zero-order chi connectivity index (χ0) is 17.7. The van der Waals surface area contributed by atoms with Crippen molar-refractivity contribution in [1.29, 1.82) is 0 Å². The number of ether oxygens (including phenoxy) is 2. The molecule has 0 amide bonds. The van der Waals surface area contributed by atoms with Crippen LogP contribution >= 0.6 is 23.2 Å². The minimum Gasteiger partial charge on any atom is -0.497 e. The van der Waals surface area contributed by atoms with Gasteiger partial charge in [0.1, 0.15) is 5.75 Å². The first kappa shape index (κ1) is 18.3. The molecule has 0 spiro atoms. The number of Topliss-reactive ketones (excluding diaryl/α,β-unsaturated/α-hetero) is 1. The number of ketones is 1. The van der Waals surface area contributed by atoms with Crippen molar-refractivity contribution in [2.24, 2.45) is 0 Å². The van der Waals surface area contributed by atoms with Gasteiger partial charge in [0.25, 0.3) is 0 Å². The molecule has 2 aromatic carbocycles. The minimum absolute atomic E-state index is 0.0308. The van der Waals surface area contributed by atoms with Gasteiger partial charge in [0, 0.05) is 12.0 Å². The molecule has 0 fully saturated rings. The summed E-state index contributed by atoms with van der Waals surface area (Å²) >= 11 is 11.9. The fraction of sp³-hybridized carbons (Fsp3) is 0.222. The Morgan fingerprint density at radius 3 is 2.21 bits per heavy atom. The van der Waals surface area contributed by atoms with Crippen molar-refractivity contribution < 1.29 is 19.1 Å². The van der Waals surface area contributed by atoms with Crippen molar-refractivity contribution in [3.05, 3.63) is 63.6 Å². The van der Waals surface area contributed by atoms with Crippen molar-refractivity contribution in [2.75, 3.05) is 14.2 Å². The predicted octanol–water partition coefficient (Wildman–Crippen LogP) is 4.53. The number of hydrogen-bond donors (Lipinski definition) is 0. The van der Waals surface area contributed by atoms with Crippen LogP contribution in [-0.2, 0) is 9.53 Å². The van der Waals surface area contributed by atoms with Crippen molar-refractivity contribution in [3.63, 3.8) is 0 Å². The minimum atomic E-state index is -0.751. The number of methoxy groups -OCH3 is 2. The second-order valence-electron chi connectivity index (χ2n) is 5.11. The Kier molecular flexibility index (Phi) is 6.23. The molecule has 24 heavy (non-hydrogen) atoms. The number of esters is 1. The van der Waals surface area contributed by atoms with Crippen LogP contribution in [0.25, 0.3) is 0 Å².